The zero-order chi connectivity index (χ0) is 20.7. The summed E-state index contributed by atoms with van der Waals surface area (Å²) < 4.78 is 10.9. The van der Waals surface area contributed by atoms with E-state index >= 15 is 0 Å². The average Bonchev–Trinajstić information content (AvgIpc) is 3.47. The Morgan fingerprint density at radius 2 is 2.17 bits per heavy atom. The number of nitrogens with one attached hydrogen (secondary N) is 1. The number of halogens is 1. The molecule has 1 aliphatic rings. The molecule has 2 aromatic carbocycles. The first-order valence-corrected chi connectivity index (χ1v) is 10.0. The van der Waals surface area contributed by atoms with Crippen molar-refractivity contribution in [3.05, 3.63) is 71.0 Å². The number of fused-ring (bicyclic) bond motifs is 1. The highest BCUT2D eigenvalue weighted by molar-refractivity contribution is 6.31. The van der Waals surface area contributed by atoms with Crippen molar-refractivity contribution in [2.75, 3.05) is 18.6 Å². The number of hydrogen-bond donors (Lipinski definition) is 1. The molecule has 3 heterocycles. The molecule has 0 radical (unpaired) electrons. The van der Waals surface area contributed by atoms with Crippen molar-refractivity contribution < 1.29 is 14.1 Å². The summed E-state index contributed by atoms with van der Waals surface area (Å²) in [5, 5.41) is 5.83. The minimum Gasteiger partial charge on any atom is -0.495 e. The van der Waals surface area contributed by atoms with Gasteiger partial charge in [-0.3, -0.25) is 4.79 Å². The zero-order valence-electron chi connectivity index (χ0n) is 16.3. The molecule has 4 aromatic rings. The van der Waals surface area contributed by atoms with Crippen LogP contribution in [0.15, 0.2) is 53.2 Å². The summed E-state index contributed by atoms with van der Waals surface area (Å²) >= 11 is 6.13. The number of nitrogens with zero attached hydrogens (tertiary/aromatic N) is 3. The Hall–Kier alpha value is -3.32. The lowest BCUT2D eigenvalue weighted by atomic mass is 10.1. The van der Waals surface area contributed by atoms with Gasteiger partial charge in [0.2, 0.25) is 11.8 Å². The lowest BCUT2D eigenvalue weighted by Crippen LogP contribution is -2.25. The molecule has 0 spiro atoms. The highest BCUT2D eigenvalue weighted by Crippen LogP contribution is 2.37. The first kappa shape index (κ1) is 18.7. The molecule has 1 amide bonds. The van der Waals surface area contributed by atoms with Crippen molar-refractivity contribution in [3.8, 4) is 5.75 Å². The van der Waals surface area contributed by atoms with Crippen LogP contribution in [0.25, 0.3) is 10.9 Å². The molecule has 2 aromatic heterocycles. The van der Waals surface area contributed by atoms with Gasteiger partial charge in [0, 0.05) is 41.0 Å². The summed E-state index contributed by atoms with van der Waals surface area (Å²) in [5.74, 6) is 1.49. The minimum absolute atomic E-state index is 0.0245. The van der Waals surface area contributed by atoms with Gasteiger partial charge in [-0.15, -0.1) is 0 Å². The van der Waals surface area contributed by atoms with Gasteiger partial charge in [-0.05, 0) is 29.8 Å². The van der Waals surface area contributed by atoms with E-state index < -0.39 is 0 Å². The third kappa shape index (κ3) is 3.31. The van der Waals surface area contributed by atoms with Gasteiger partial charge in [0.15, 0.2) is 5.82 Å². The third-order valence-electron chi connectivity index (χ3n) is 5.42. The van der Waals surface area contributed by atoms with Gasteiger partial charge in [0.05, 0.1) is 19.2 Å². The molecule has 7 nitrogen and oxygen atoms in total. The number of ether oxygens (including phenoxy) is 1. The maximum absolute atomic E-state index is 12.7. The Balaban J connectivity index is 1.36. The number of H-pyrrole nitrogens is 1. The number of aromatic nitrogens is 3. The van der Waals surface area contributed by atoms with Gasteiger partial charge in [-0.2, -0.15) is 4.98 Å². The Labute approximate surface area is 177 Å². The fourth-order valence-electron chi connectivity index (χ4n) is 3.93. The molecule has 8 heteroatoms. The SMILES string of the molecule is COc1ccc(Cl)cc1N1CC(c2noc(Cc3c[nH]c4ccccc34)n2)CC1=O. The normalized spacial score (nSPS) is 16.5. The Kier molecular flexibility index (Phi) is 4.67. The van der Waals surface area contributed by atoms with Crippen LogP contribution in [-0.4, -0.2) is 34.7 Å². The molecular weight excluding hydrogens is 404 g/mol. The van der Waals surface area contributed by atoms with Gasteiger partial charge in [-0.1, -0.05) is 35.0 Å². The summed E-state index contributed by atoms with van der Waals surface area (Å²) in [6, 6.07) is 13.3. The smallest absolute Gasteiger partial charge is 0.231 e. The van der Waals surface area contributed by atoms with E-state index in [4.69, 9.17) is 20.9 Å². The van der Waals surface area contributed by atoms with E-state index in [9.17, 15) is 4.79 Å². The van der Waals surface area contributed by atoms with E-state index in [0.717, 1.165) is 16.5 Å². The first-order chi connectivity index (χ1) is 14.6. The summed E-state index contributed by atoms with van der Waals surface area (Å²) in [6.45, 7) is 0.446. The summed E-state index contributed by atoms with van der Waals surface area (Å²) in [4.78, 5) is 22.2. The number of amides is 1. The molecule has 0 aliphatic carbocycles. The molecule has 1 aliphatic heterocycles. The van der Waals surface area contributed by atoms with E-state index in [1.54, 1.807) is 30.2 Å². The van der Waals surface area contributed by atoms with Crippen molar-refractivity contribution in [1.29, 1.82) is 0 Å². The van der Waals surface area contributed by atoms with Crippen LogP contribution in [0.4, 0.5) is 5.69 Å². The van der Waals surface area contributed by atoms with Crippen molar-refractivity contribution >= 4 is 34.1 Å². The van der Waals surface area contributed by atoms with Crippen LogP contribution >= 0.6 is 11.6 Å². The highest BCUT2D eigenvalue weighted by Gasteiger charge is 2.36. The number of aromatic amines is 1. The van der Waals surface area contributed by atoms with E-state index in [1.807, 2.05) is 24.4 Å². The van der Waals surface area contributed by atoms with Crippen LogP contribution in [0.1, 0.15) is 29.6 Å². The number of benzene rings is 2. The molecule has 152 valence electrons. The van der Waals surface area contributed by atoms with Gasteiger partial charge < -0.3 is 19.1 Å². The zero-order valence-corrected chi connectivity index (χ0v) is 17.0. The molecule has 1 saturated heterocycles. The molecule has 0 bridgehead atoms. The van der Waals surface area contributed by atoms with Crippen LogP contribution in [0, 0.1) is 0 Å². The van der Waals surface area contributed by atoms with E-state index in [2.05, 4.69) is 21.2 Å². The molecule has 1 unspecified atom stereocenters. The Morgan fingerprint density at radius 3 is 3.03 bits per heavy atom. The second-order valence-corrected chi connectivity index (χ2v) is 7.74. The molecular formula is C22H19ClN4O3. The number of methoxy groups -OCH3 is 1. The molecule has 1 N–H and O–H groups in total. The standard InChI is InChI=1S/C22H19ClN4O3/c1-29-19-7-6-15(23)10-18(19)27-12-14(9-21(27)28)22-25-20(30-26-22)8-13-11-24-17-5-3-2-4-16(13)17/h2-7,10-11,14,24H,8-9,12H2,1H3. The maximum Gasteiger partial charge on any atom is 0.231 e. The van der Waals surface area contributed by atoms with Gasteiger partial charge in [-0.25, -0.2) is 0 Å². The third-order valence-corrected chi connectivity index (χ3v) is 5.66. The molecule has 0 saturated carbocycles. The van der Waals surface area contributed by atoms with Crippen LogP contribution in [-0.2, 0) is 11.2 Å². The van der Waals surface area contributed by atoms with E-state index in [0.29, 0.717) is 47.6 Å². The van der Waals surface area contributed by atoms with Crippen LogP contribution < -0.4 is 9.64 Å². The number of carbonyl (C=O) groups excluding carboxylic acids is 1. The van der Waals surface area contributed by atoms with E-state index in [-0.39, 0.29) is 11.8 Å². The topological polar surface area (TPSA) is 84.2 Å². The molecule has 30 heavy (non-hydrogen) atoms. The first-order valence-electron chi connectivity index (χ1n) is 9.64. The van der Waals surface area contributed by atoms with Crippen molar-refractivity contribution in [2.45, 2.75) is 18.8 Å². The number of hydrogen-bond acceptors (Lipinski definition) is 5. The minimum atomic E-state index is -0.151. The van der Waals surface area contributed by atoms with E-state index in [1.165, 1.54) is 0 Å². The predicted molar refractivity (Wildman–Crippen MR) is 113 cm³/mol. The van der Waals surface area contributed by atoms with Gasteiger partial charge in [0.1, 0.15) is 5.75 Å². The van der Waals surface area contributed by atoms with Crippen LogP contribution in [0.3, 0.4) is 0 Å². The summed E-state index contributed by atoms with van der Waals surface area (Å²) in [5.41, 5.74) is 2.81. The lowest BCUT2D eigenvalue weighted by Gasteiger charge is -2.19. The molecule has 5 rings (SSSR count). The summed E-state index contributed by atoms with van der Waals surface area (Å²) in [7, 11) is 1.57. The number of para-hydroxylation sites is 1. The number of rotatable bonds is 5. The number of carbonyl (C=O) groups is 1. The fourth-order valence-corrected chi connectivity index (χ4v) is 4.10. The lowest BCUT2D eigenvalue weighted by molar-refractivity contribution is -0.117. The maximum atomic E-state index is 12.7. The summed E-state index contributed by atoms with van der Waals surface area (Å²) in [6.07, 6.45) is 2.80. The van der Waals surface area contributed by atoms with Crippen LogP contribution in [0.2, 0.25) is 5.02 Å². The van der Waals surface area contributed by atoms with Crippen molar-refractivity contribution in [2.24, 2.45) is 0 Å². The second kappa shape index (κ2) is 7.50. The quantitative estimate of drug-likeness (QED) is 0.517. The second-order valence-electron chi connectivity index (χ2n) is 7.30. The van der Waals surface area contributed by atoms with Crippen LogP contribution in [0.5, 0.6) is 5.75 Å². The Morgan fingerprint density at radius 1 is 1.30 bits per heavy atom. The van der Waals surface area contributed by atoms with Gasteiger partial charge >= 0.3 is 0 Å². The predicted octanol–water partition coefficient (Wildman–Crippen LogP) is 4.32. The van der Waals surface area contributed by atoms with Crippen molar-refractivity contribution in [3.63, 3.8) is 0 Å². The Bertz CT molecular complexity index is 1230. The number of anilines is 1. The fraction of sp³-hybridized carbons (Fsp3) is 0.227. The molecule has 1 atom stereocenters. The monoisotopic (exact) mass is 422 g/mol. The molecule has 1 fully saturated rings. The largest absolute Gasteiger partial charge is 0.495 e. The average molecular weight is 423 g/mol. The highest BCUT2D eigenvalue weighted by atomic mass is 35.5. The van der Waals surface area contributed by atoms with Gasteiger partial charge in [0.25, 0.3) is 0 Å². The van der Waals surface area contributed by atoms with Crippen molar-refractivity contribution in [1.82, 2.24) is 15.1 Å².